The van der Waals surface area contributed by atoms with E-state index in [0.717, 1.165) is 6.42 Å². The maximum Gasteiger partial charge on any atom is 0.311 e. The van der Waals surface area contributed by atoms with Crippen molar-refractivity contribution < 1.29 is 14.6 Å². The molecule has 1 rings (SSSR count). The predicted molar refractivity (Wildman–Crippen MR) is 44.5 cm³/mol. The topological polar surface area (TPSA) is 46.5 Å². The first-order valence-electron chi connectivity index (χ1n) is 4.46. The molecule has 70 valence electrons. The molecule has 0 saturated carbocycles. The van der Waals surface area contributed by atoms with E-state index in [1.165, 1.54) is 0 Å². The summed E-state index contributed by atoms with van der Waals surface area (Å²) in [6.07, 6.45) is 0.122. The highest BCUT2D eigenvalue weighted by atomic mass is 16.5. The van der Waals surface area contributed by atoms with E-state index in [9.17, 15) is 9.90 Å². The number of aliphatic hydroxyl groups excluding tert-OH is 1. The van der Waals surface area contributed by atoms with Crippen LogP contribution in [0.2, 0.25) is 0 Å². The lowest BCUT2D eigenvalue weighted by molar-refractivity contribution is -0.177. The fraction of sp³-hybridized carbons (Fsp3) is 0.889. The molecule has 0 spiro atoms. The molecule has 0 bridgehead atoms. The van der Waals surface area contributed by atoms with Crippen LogP contribution in [0.5, 0.6) is 0 Å². The third kappa shape index (κ3) is 1.46. The van der Waals surface area contributed by atoms with E-state index in [-0.39, 0.29) is 23.9 Å². The van der Waals surface area contributed by atoms with E-state index >= 15 is 0 Å². The van der Waals surface area contributed by atoms with Crippen LogP contribution in [0.15, 0.2) is 0 Å². The summed E-state index contributed by atoms with van der Waals surface area (Å²) >= 11 is 0. The molecule has 2 unspecified atom stereocenters. The second kappa shape index (κ2) is 3.44. The highest BCUT2D eigenvalue weighted by Crippen LogP contribution is 2.27. The van der Waals surface area contributed by atoms with Crippen molar-refractivity contribution in [1.82, 2.24) is 0 Å². The maximum absolute atomic E-state index is 11.1. The van der Waals surface area contributed by atoms with Crippen LogP contribution in [-0.4, -0.2) is 23.3 Å². The highest BCUT2D eigenvalue weighted by molar-refractivity contribution is 5.73. The molecule has 1 N–H and O–H groups in total. The Morgan fingerprint density at radius 2 is 2.08 bits per heavy atom. The highest BCUT2D eigenvalue weighted by Gasteiger charge is 2.39. The van der Waals surface area contributed by atoms with E-state index in [2.05, 4.69) is 0 Å². The second-order valence-electron chi connectivity index (χ2n) is 3.52. The lowest BCUT2D eigenvalue weighted by Crippen LogP contribution is -2.46. The molecule has 4 atom stereocenters. The Balaban J connectivity index is 2.70. The lowest BCUT2D eigenvalue weighted by Gasteiger charge is -2.35. The van der Waals surface area contributed by atoms with Crippen molar-refractivity contribution >= 4 is 5.97 Å². The molecule has 1 saturated heterocycles. The van der Waals surface area contributed by atoms with Crippen LogP contribution in [0.3, 0.4) is 0 Å². The largest absolute Gasteiger partial charge is 0.462 e. The SMILES string of the molecule is CC[C@H]1OC(=O)C(C)C(O)[C@H]1C. The number of aliphatic hydroxyl groups is 1. The Bertz CT molecular complexity index is 177. The van der Waals surface area contributed by atoms with Crippen molar-refractivity contribution in [2.75, 3.05) is 0 Å². The zero-order valence-electron chi connectivity index (χ0n) is 7.78. The summed E-state index contributed by atoms with van der Waals surface area (Å²) in [6, 6.07) is 0. The number of ether oxygens (including phenoxy) is 1. The van der Waals surface area contributed by atoms with E-state index < -0.39 is 6.10 Å². The fourth-order valence-electron chi connectivity index (χ4n) is 1.63. The summed E-state index contributed by atoms with van der Waals surface area (Å²) in [5.74, 6) is -0.585. The van der Waals surface area contributed by atoms with Crippen LogP contribution < -0.4 is 0 Å². The number of carbonyl (C=O) groups excluding carboxylic acids is 1. The molecule has 0 aliphatic carbocycles. The van der Waals surface area contributed by atoms with Gasteiger partial charge in [-0.1, -0.05) is 13.8 Å². The number of rotatable bonds is 1. The smallest absolute Gasteiger partial charge is 0.311 e. The number of hydrogen-bond acceptors (Lipinski definition) is 3. The fourth-order valence-corrected chi connectivity index (χ4v) is 1.63. The normalized spacial score (nSPS) is 42.5. The number of carbonyl (C=O) groups is 1. The molecule has 1 aliphatic heterocycles. The van der Waals surface area contributed by atoms with Crippen LogP contribution >= 0.6 is 0 Å². The van der Waals surface area contributed by atoms with Crippen LogP contribution in [0, 0.1) is 11.8 Å². The minimum atomic E-state index is -0.545. The molecule has 1 heterocycles. The van der Waals surface area contributed by atoms with Crippen molar-refractivity contribution in [3.63, 3.8) is 0 Å². The Morgan fingerprint density at radius 1 is 1.50 bits per heavy atom. The molecule has 3 heteroatoms. The van der Waals surface area contributed by atoms with Gasteiger partial charge in [0, 0.05) is 5.92 Å². The molecule has 1 fully saturated rings. The number of esters is 1. The monoisotopic (exact) mass is 172 g/mol. The molecule has 12 heavy (non-hydrogen) atoms. The van der Waals surface area contributed by atoms with Gasteiger partial charge in [-0.15, -0.1) is 0 Å². The Kier molecular flexibility index (Phi) is 2.73. The van der Waals surface area contributed by atoms with E-state index in [1.54, 1.807) is 6.92 Å². The molecule has 1 aliphatic rings. The molecular weight excluding hydrogens is 156 g/mol. The summed E-state index contributed by atoms with van der Waals surface area (Å²) in [7, 11) is 0. The van der Waals surface area contributed by atoms with Crippen LogP contribution in [0.1, 0.15) is 27.2 Å². The average molecular weight is 172 g/mol. The summed E-state index contributed by atoms with van der Waals surface area (Å²) < 4.78 is 5.13. The molecular formula is C9H16O3. The Morgan fingerprint density at radius 3 is 2.58 bits per heavy atom. The van der Waals surface area contributed by atoms with Gasteiger partial charge in [0.1, 0.15) is 6.10 Å². The van der Waals surface area contributed by atoms with Crippen LogP contribution in [0.4, 0.5) is 0 Å². The first kappa shape index (κ1) is 9.52. The average Bonchev–Trinajstić information content (AvgIpc) is 2.08. The summed E-state index contributed by atoms with van der Waals surface area (Å²) in [4.78, 5) is 11.1. The summed E-state index contributed by atoms with van der Waals surface area (Å²) in [5.41, 5.74) is 0. The van der Waals surface area contributed by atoms with Gasteiger partial charge in [0.15, 0.2) is 0 Å². The number of cyclic esters (lactones) is 1. The van der Waals surface area contributed by atoms with Crippen molar-refractivity contribution in [3.8, 4) is 0 Å². The van der Waals surface area contributed by atoms with Gasteiger partial charge in [-0.05, 0) is 13.3 Å². The molecule has 0 amide bonds. The van der Waals surface area contributed by atoms with Crippen molar-refractivity contribution in [1.29, 1.82) is 0 Å². The van der Waals surface area contributed by atoms with E-state index in [0.29, 0.717) is 0 Å². The summed E-state index contributed by atoms with van der Waals surface area (Å²) in [5, 5.41) is 9.62. The predicted octanol–water partition coefficient (Wildman–Crippen LogP) is 0.955. The quantitative estimate of drug-likeness (QED) is 0.599. The van der Waals surface area contributed by atoms with Gasteiger partial charge in [-0.25, -0.2) is 0 Å². The van der Waals surface area contributed by atoms with Crippen LogP contribution in [0.25, 0.3) is 0 Å². The lowest BCUT2D eigenvalue weighted by atomic mass is 9.85. The van der Waals surface area contributed by atoms with Gasteiger partial charge in [-0.2, -0.15) is 0 Å². The van der Waals surface area contributed by atoms with Crippen molar-refractivity contribution in [2.24, 2.45) is 11.8 Å². The second-order valence-corrected chi connectivity index (χ2v) is 3.52. The summed E-state index contributed by atoms with van der Waals surface area (Å²) in [6.45, 7) is 5.58. The number of hydrogen-bond donors (Lipinski definition) is 1. The van der Waals surface area contributed by atoms with Crippen LogP contribution in [-0.2, 0) is 9.53 Å². The third-order valence-electron chi connectivity index (χ3n) is 2.68. The van der Waals surface area contributed by atoms with Gasteiger partial charge in [-0.3, -0.25) is 4.79 Å². The van der Waals surface area contributed by atoms with Gasteiger partial charge in [0.2, 0.25) is 0 Å². The van der Waals surface area contributed by atoms with Crippen molar-refractivity contribution in [2.45, 2.75) is 39.4 Å². The first-order valence-corrected chi connectivity index (χ1v) is 4.46. The maximum atomic E-state index is 11.1. The minimum absolute atomic E-state index is 0.0581. The standard InChI is InChI=1S/C9H16O3/c1-4-7-5(2)8(10)6(3)9(11)12-7/h5-8,10H,4H2,1-3H3/t5-,6?,7+,8?/m0/s1. The molecule has 0 aromatic carbocycles. The first-order chi connectivity index (χ1) is 5.57. The minimum Gasteiger partial charge on any atom is -0.462 e. The Labute approximate surface area is 72.7 Å². The van der Waals surface area contributed by atoms with Gasteiger partial charge < -0.3 is 9.84 Å². The zero-order valence-corrected chi connectivity index (χ0v) is 7.78. The van der Waals surface area contributed by atoms with Crippen molar-refractivity contribution in [3.05, 3.63) is 0 Å². The molecule has 0 aromatic heterocycles. The molecule has 3 nitrogen and oxygen atoms in total. The van der Waals surface area contributed by atoms with Gasteiger partial charge >= 0.3 is 5.97 Å². The Hall–Kier alpha value is -0.570. The van der Waals surface area contributed by atoms with Gasteiger partial charge in [0.25, 0.3) is 0 Å². The zero-order chi connectivity index (χ0) is 9.30. The van der Waals surface area contributed by atoms with E-state index in [1.807, 2.05) is 13.8 Å². The van der Waals surface area contributed by atoms with Gasteiger partial charge in [0.05, 0.1) is 12.0 Å². The molecule has 0 aromatic rings. The van der Waals surface area contributed by atoms with E-state index in [4.69, 9.17) is 4.74 Å². The molecule has 0 radical (unpaired) electrons. The third-order valence-corrected chi connectivity index (χ3v) is 2.68.